The Bertz CT molecular complexity index is 884. The van der Waals surface area contributed by atoms with E-state index >= 15 is 0 Å². The fourth-order valence-corrected chi connectivity index (χ4v) is 4.22. The van der Waals surface area contributed by atoms with Gasteiger partial charge < -0.3 is 5.32 Å². The van der Waals surface area contributed by atoms with Crippen LogP contribution in [0.25, 0.3) is 0 Å². The third kappa shape index (κ3) is 3.32. The highest BCUT2D eigenvalue weighted by molar-refractivity contribution is 7.89. The minimum absolute atomic E-state index is 0.0979. The standard InChI is InChI=1S/C17H18Cl2N2O2S/c1-21-17-7-5-12(10-2-6-15(18)16(19)8-10)13-4-3-11(9-14(13)17)24(20,22)23/h2-4,6,8-9,12,17,21H,5,7H2,1H3,(H2,20,22,23)/t12-,17+/m1/s1. The molecule has 2 atom stereocenters. The van der Waals surface area contributed by atoms with Crippen LogP contribution >= 0.6 is 23.2 Å². The summed E-state index contributed by atoms with van der Waals surface area (Å²) in [7, 11) is -1.86. The molecule has 7 heteroatoms. The molecule has 24 heavy (non-hydrogen) atoms. The van der Waals surface area contributed by atoms with Crippen molar-refractivity contribution in [2.24, 2.45) is 5.14 Å². The van der Waals surface area contributed by atoms with Crippen LogP contribution in [0.15, 0.2) is 41.3 Å². The molecule has 2 aromatic carbocycles. The predicted octanol–water partition coefficient (Wildman–Crippen LogP) is 3.83. The largest absolute Gasteiger partial charge is 0.313 e. The number of hydrogen-bond donors (Lipinski definition) is 2. The van der Waals surface area contributed by atoms with Crippen LogP contribution in [0.2, 0.25) is 10.0 Å². The van der Waals surface area contributed by atoms with Gasteiger partial charge in [-0.1, -0.05) is 35.3 Å². The van der Waals surface area contributed by atoms with Crippen LogP contribution < -0.4 is 10.5 Å². The summed E-state index contributed by atoms with van der Waals surface area (Å²) < 4.78 is 23.3. The van der Waals surface area contributed by atoms with E-state index in [9.17, 15) is 8.42 Å². The molecule has 1 aliphatic rings. The molecule has 0 unspecified atom stereocenters. The van der Waals surface area contributed by atoms with Crippen LogP contribution in [0.1, 0.15) is 41.5 Å². The van der Waals surface area contributed by atoms with Crippen LogP contribution in [0, 0.1) is 0 Å². The summed E-state index contributed by atoms with van der Waals surface area (Å²) in [5.74, 6) is 0.147. The van der Waals surface area contributed by atoms with Crippen molar-refractivity contribution in [3.05, 3.63) is 63.1 Å². The van der Waals surface area contributed by atoms with Crippen LogP contribution in [0.3, 0.4) is 0 Å². The molecule has 2 aromatic rings. The van der Waals surface area contributed by atoms with Gasteiger partial charge in [-0.2, -0.15) is 0 Å². The van der Waals surface area contributed by atoms with Crippen molar-refractivity contribution in [2.75, 3.05) is 7.05 Å². The lowest BCUT2D eigenvalue weighted by molar-refractivity contribution is 0.469. The fourth-order valence-electron chi connectivity index (χ4n) is 3.37. The maximum atomic E-state index is 11.7. The van der Waals surface area contributed by atoms with Crippen LogP contribution in [-0.2, 0) is 10.0 Å². The summed E-state index contributed by atoms with van der Waals surface area (Å²) in [4.78, 5) is 0.135. The maximum Gasteiger partial charge on any atom is 0.238 e. The van der Waals surface area contributed by atoms with E-state index < -0.39 is 10.0 Å². The predicted molar refractivity (Wildman–Crippen MR) is 97.2 cm³/mol. The summed E-state index contributed by atoms with van der Waals surface area (Å²) in [5, 5.41) is 9.57. The van der Waals surface area contributed by atoms with E-state index in [-0.39, 0.29) is 16.9 Å². The number of fused-ring (bicyclic) bond motifs is 1. The Morgan fingerprint density at radius 1 is 1.04 bits per heavy atom. The number of primary sulfonamides is 1. The Morgan fingerprint density at radius 3 is 2.42 bits per heavy atom. The molecule has 0 spiro atoms. The van der Waals surface area contributed by atoms with Crippen molar-refractivity contribution in [2.45, 2.75) is 29.7 Å². The van der Waals surface area contributed by atoms with Crippen LogP contribution in [-0.4, -0.2) is 15.5 Å². The van der Waals surface area contributed by atoms with E-state index in [4.69, 9.17) is 28.3 Å². The van der Waals surface area contributed by atoms with Gasteiger partial charge in [0, 0.05) is 12.0 Å². The first-order chi connectivity index (χ1) is 11.3. The van der Waals surface area contributed by atoms with Crippen molar-refractivity contribution >= 4 is 33.2 Å². The normalized spacial score (nSPS) is 20.7. The van der Waals surface area contributed by atoms with Gasteiger partial charge >= 0.3 is 0 Å². The minimum atomic E-state index is -3.73. The van der Waals surface area contributed by atoms with Crippen molar-refractivity contribution in [1.82, 2.24) is 5.32 Å². The summed E-state index contributed by atoms with van der Waals surface area (Å²) >= 11 is 12.2. The lowest BCUT2D eigenvalue weighted by Gasteiger charge is -2.32. The smallest absolute Gasteiger partial charge is 0.238 e. The summed E-state index contributed by atoms with van der Waals surface area (Å²) in [6, 6.07) is 10.8. The molecule has 0 saturated heterocycles. The number of nitrogens with one attached hydrogen (secondary N) is 1. The SMILES string of the molecule is CN[C@H]1CC[C@H](c2ccc(Cl)c(Cl)c2)c2ccc(S(N)(=O)=O)cc21. The Labute approximate surface area is 152 Å². The van der Waals surface area contributed by atoms with Gasteiger partial charge in [-0.3, -0.25) is 0 Å². The van der Waals surface area contributed by atoms with Crippen molar-refractivity contribution in [3.63, 3.8) is 0 Å². The second-order valence-electron chi connectivity index (χ2n) is 5.98. The Hall–Kier alpha value is -1.11. The molecule has 3 N–H and O–H groups in total. The number of hydrogen-bond acceptors (Lipinski definition) is 3. The van der Waals surface area contributed by atoms with E-state index in [0.29, 0.717) is 10.0 Å². The topological polar surface area (TPSA) is 72.2 Å². The third-order valence-corrected chi connectivity index (χ3v) is 6.23. The fraction of sp³-hybridized carbons (Fsp3) is 0.294. The number of nitrogens with two attached hydrogens (primary N) is 1. The molecule has 0 bridgehead atoms. The highest BCUT2D eigenvalue weighted by Gasteiger charge is 2.29. The molecule has 3 rings (SSSR count). The van der Waals surface area contributed by atoms with Gasteiger partial charge in [0.2, 0.25) is 10.0 Å². The van der Waals surface area contributed by atoms with Gasteiger partial charge in [0.15, 0.2) is 0 Å². The molecular weight excluding hydrogens is 367 g/mol. The van der Waals surface area contributed by atoms with Crippen molar-refractivity contribution < 1.29 is 8.42 Å². The average Bonchev–Trinajstić information content (AvgIpc) is 2.55. The lowest BCUT2D eigenvalue weighted by Crippen LogP contribution is -2.25. The van der Waals surface area contributed by atoms with Gasteiger partial charge in [-0.05, 0) is 60.8 Å². The number of benzene rings is 2. The Balaban J connectivity index is 2.12. The number of halogens is 2. The molecule has 4 nitrogen and oxygen atoms in total. The summed E-state index contributed by atoms with van der Waals surface area (Å²) in [6.07, 6.45) is 1.83. The molecule has 0 aliphatic heterocycles. The molecule has 0 radical (unpaired) electrons. The zero-order valence-electron chi connectivity index (χ0n) is 13.1. The second kappa shape index (κ2) is 6.65. The van der Waals surface area contributed by atoms with Gasteiger partial charge in [-0.15, -0.1) is 0 Å². The highest BCUT2D eigenvalue weighted by atomic mass is 35.5. The molecule has 0 saturated carbocycles. The number of sulfonamides is 1. The molecule has 0 amide bonds. The monoisotopic (exact) mass is 384 g/mol. The van der Waals surface area contributed by atoms with Crippen molar-refractivity contribution in [1.29, 1.82) is 0 Å². The molecule has 1 aliphatic carbocycles. The summed E-state index contributed by atoms with van der Waals surface area (Å²) in [6.45, 7) is 0. The quantitative estimate of drug-likeness (QED) is 0.844. The second-order valence-corrected chi connectivity index (χ2v) is 8.36. The van der Waals surface area contributed by atoms with Gasteiger partial charge in [0.1, 0.15) is 0 Å². The Kier molecular flexibility index (Phi) is 4.91. The first kappa shape index (κ1) is 17.7. The van der Waals surface area contributed by atoms with Crippen LogP contribution in [0.4, 0.5) is 0 Å². The Morgan fingerprint density at radius 2 is 1.79 bits per heavy atom. The molecule has 128 valence electrons. The summed E-state index contributed by atoms with van der Waals surface area (Å²) in [5.41, 5.74) is 3.13. The highest BCUT2D eigenvalue weighted by Crippen LogP contribution is 2.42. The van der Waals surface area contributed by atoms with E-state index in [1.807, 2.05) is 25.2 Å². The molecular formula is C17H18Cl2N2O2S. The van der Waals surface area contributed by atoms with Crippen molar-refractivity contribution in [3.8, 4) is 0 Å². The lowest BCUT2D eigenvalue weighted by atomic mass is 9.77. The first-order valence-electron chi connectivity index (χ1n) is 7.60. The molecule has 0 heterocycles. The number of rotatable bonds is 3. The van der Waals surface area contributed by atoms with E-state index in [1.54, 1.807) is 18.2 Å². The zero-order valence-corrected chi connectivity index (χ0v) is 15.4. The first-order valence-corrected chi connectivity index (χ1v) is 9.90. The van der Waals surface area contributed by atoms with Gasteiger partial charge in [-0.25, -0.2) is 13.6 Å². The van der Waals surface area contributed by atoms with Gasteiger partial charge in [0.05, 0.1) is 14.9 Å². The third-order valence-electron chi connectivity index (χ3n) is 4.58. The average molecular weight is 385 g/mol. The van der Waals surface area contributed by atoms with E-state index in [0.717, 1.165) is 29.5 Å². The van der Waals surface area contributed by atoms with E-state index in [2.05, 4.69) is 5.32 Å². The zero-order chi connectivity index (χ0) is 17.5. The maximum absolute atomic E-state index is 11.7. The van der Waals surface area contributed by atoms with Crippen LogP contribution in [0.5, 0.6) is 0 Å². The molecule has 0 fully saturated rings. The van der Waals surface area contributed by atoms with E-state index in [1.165, 1.54) is 0 Å². The molecule has 0 aromatic heterocycles. The minimum Gasteiger partial charge on any atom is -0.313 e. The van der Waals surface area contributed by atoms with Gasteiger partial charge in [0.25, 0.3) is 0 Å².